The first-order valence-electron chi connectivity index (χ1n) is 4.85. The van der Waals surface area contributed by atoms with Crippen LogP contribution < -0.4 is 5.32 Å². The van der Waals surface area contributed by atoms with Crippen LogP contribution in [0.1, 0.15) is 19.4 Å². The lowest BCUT2D eigenvalue weighted by atomic mass is 9.93. The lowest BCUT2D eigenvalue weighted by Gasteiger charge is -2.29. The SMILES string of the molecule is CCNC(C)(CO)c1ccc(Cl)cc1Cl. The second-order valence-electron chi connectivity index (χ2n) is 3.64. The van der Waals surface area contributed by atoms with Crippen LogP contribution in [-0.4, -0.2) is 18.3 Å². The predicted molar refractivity (Wildman–Crippen MR) is 64.6 cm³/mol. The minimum atomic E-state index is -0.517. The van der Waals surface area contributed by atoms with Gasteiger partial charge >= 0.3 is 0 Å². The van der Waals surface area contributed by atoms with Crippen LogP contribution >= 0.6 is 23.2 Å². The Bertz CT molecular complexity index is 343. The van der Waals surface area contributed by atoms with Gasteiger partial charge in [-0.3, -0.25) is 0 Å². The molecular formula is C11H15Cl2NO. The minimum Gasteiger partial charge on any atom is -0.394 e. The molecule has 0 fully saturated rings. The van der Waals surface area contributed by atoms with Gasteiger partial charge in [-0.05, 0) is 31.2 Å². The van der Waals surface area contributed by atoms with Gasteiger partial charge in [0.05, 0.1) is 12.1 Å². The molecule has 0 amide bonds. The van der Waals surface area contributed by atoms with Gasteiger partial charge in [-0.25, -0.2) is 0 Å². The third-order valence-electron chi connectivity index (χ3n) is 2.41. The van der Waals surface area contributed by atoms with Crippen LogP contribution in [0.5, 0.6) is 0 Å². The van der Waals surface area contributed by atoms with Crippen LogP contribution in [0.25, 0.3) is 0 Å². The van der Waals surface area contributed by atoms with E-state index in [1.165, 1.54) is 0 Å². The van der Waals surface area contributed by atoms with E-state index >= 15 is 0 Å². The second-order valence-corrected chi connectivity index (χ2v) is 4.49. The fourth-order valence-corrected chi connectivity index (χ4v) is 2.18. The highest BCUT2D eigenvalue weighted by Crippen LogP contribution is 2.29. The molecule has 0 aliphatic rings. The van der Waals surface area contributed by atoms with E-state index in [4.69, 9.17) is 23.2 Å². The molecule has 15 heavy (non-hydrogen) atoms. The molecule has 0 saturated heterocycles. The van der Waals surface area contributed by atoms with Crippen LogP contribution in [0.15, 0.2) is 18.2 Å². The Morgan fingerprint density at radius 2 is 2.07 bits per heavy atom. The molecule has 0 heterocycles. The summed E-state index contributed by atoms with van der Waals surface area (Å²) in [6.45, 7) is 4.64. The van der Waals surface area contributed by atoms with E-state index in [0.29, 0.717) is 10.0 Å². The Morgan fingerprint density at radius 1 is 1.40 bits per heavy atom. The molecule has 0 radical (unpaired) electrons. The zero-order chi connectivity index (χ0) is 11.5. The second kappa shape index (κ2) is 5.17. The highest BCUT2D eigenvalue weighted by Gasteiger charge is 2.26. The van der Waals surface area contributed by atoms with Gasteiger partial charge in [0.15, 0.2) is 0 Å². The number of aliphatic hydroxyl groups excluding tert-OH is 1. The number of rotatable bonds is 4. The highest BCUT2D eigenvalue weighted by atomic mass is 35.5. The quantitative estimate of drug-likeness (QED) is 0.858. The molecule has 84 valence electrons. The Labute approximate surface area is 100 Å². The number of hydrogen-bond donors (Lipinski definition) is 2. The van der Waals surface area contributed by atoms with Gasteiger partial charge in [-0.2, -0.15) is 0 Å². The number of nitrogens with one attached hydrogen (secondary N) is 1. The largest absolute Gasteiger partial charge is 0.394 e. The third-order valence-corrected chi connectivity index (χ3v) is 2.96. The molecule has 0 aliphatic heterocycles. The number of likely N-dealkylation sites (N-methyl/N-ethyl adjacent to an activating group) is 1. The maximum absolute atomic E-state index is 9.41. The van der Waals surface area contributed by atoms with E-state index in [1.807, 2.05) is 19.9 Å². The summed E-state index contributed by atoms with van der Waals surface area (Å²) in [7, 11) is 0. The smallest absolute Gasteiger partial charge is 0.0655 e. The van der Waals surface area contributed by atoms with Crippen molar-refractivity contribution in [2.24, 2.45) is 0 Å². The van der Waals surface area contributed by atoms with Crippen molar-refractivity contribution in [1.29, 1.82) is 0 Å². The van der Waals surface area contributed by atoms with Crippen molar-refractivity contribution < 1.29 is 5.11 Å². The monoisotopic (exact) mass is 247 g/mol. The molecule has 0 aromatic heterocycles. The van der Waals surface area contributed by atoms with Crippen LogP contribution in [0, 0.1) is 0 Å². The third kappa shape index (κ3) is 2.85. The van der Waals surface area contributed by atoms with Gasteiger partial charge in [0.25, 0.3) is 0 Å². The fraction of sp³-hybridized carbons (Fsp3) is 0.455. The van der Waals surface area contributed by atoms with Crippen molar-refractivity contribution in [3.05, 3.63) is 33.8 Å². The van der Waals surface area contributed by atoms with Crippen molar-refractivity contribution in [2.45, 2.75) is 19.4 Å². The topological polar surface area (TPSA) is 32.3 Å². The molecule has 2 nitrogen and oxygen atoms in total. The first-order valence-corrected chi connectivity index (χ1v) is 5.60. The van der Waals surface area contributed by atoms with E-state index in [-0.39, 0.29) is 6.61 Å². The van der Waals surface area contributed by atoms with Crippen molar-refractivity contribution in [2.75, 3.05) is 13.2 Å². The van der Waals surface area contributed by atoms with Crippen molar-refractivity contribution in [1.82, 2.24) is 5.32 Å². The first kappa shape index (κ1) is 12.8. The van der Waals surface area contributed by atoms with Crippen molar-refractivity contribution in [3.8, 4) is 0 Å². The molecule has 4 heteroatoms. The van der Waals surface area contributed by atoms with Crippen molar-refractivity contribution >= 4 is 23.2 Å². The Hall–Kier alpha value is -0.280. The van der Waals surface area contributed by atoms with Crippen LogP contribution in [-0.2, 0) is 5.54 Å². The summed E-state index contributed by atoms with van der Waals surface area (Å²) in [4.78, 5) is 0. The van der Waals surface area contributed by atoms with E-state index in [9.17, 15) is 5.11 Å². The fourth-order valence-electron chi connectivity index (χ4n) is 1.56. The molecule has 2 N–H and O–H groups in total. The summed E-state index contributed by atoms with van der Waals surface area (Å²) in [5.41, 5.74) is 0.342. The van der Waals surface area contributed by atoms with Crippen LogP contribution in [0.4, 0.5) is 0 Å². The average molecular weight is 248 g/mol. The summed E-state index contributed by atoms with van der Waals surface area (Å²) in [5.74, 6) is 0. The van der Waals surface area contributed by atoms with Gasteiger partial charge in [-0.1, -0.05) is 36.2 Å². The average Bonchev–Trinajstić information content (AvgIpc) is 2.17. The Kier molecular flexibility index (Phi) is 4.41. The lowest BCUT2D eigenvalue weighted by molar-refractivity contribution is 0.177. The maximum atomic E-state index is 9.41. The number of hydrogen-bond acceptors (Lipinski definition) is 2. The first-order chi connectivity index (χ1) is 7.03. The molecule has 0 aliphatic carbocycles. The normalized spacial score (nSPS) is 15.0. The zero-order valence-electron chi connectivity index (χ0n) is 8.85. The minimum absolute atomic E-state index is 0.0117. The summed E-state index contributed by atoms with van der Waals surface area (Å²) in [6, 6.07) is 5.29. The van der Waals surface area contributed by atoms with Gasteiger partial charge in [0.1, 0.15) is 0 Å². The van der Waals surface area contributed by atoms with Gasteiger partial charge in [0.2, 0.25) is 0 Å². The molecule has 1 aromatic rings. The summed E-state index contributed by atoms with van der Waals surface area (Å²) >= 11 is 11.9. The summed E-state index contributed by atoms with van der Waals surface area (Å²) in [5, 5.41) is 13.8. The van der Waals surface area contributed by atoms with E-state index in [2.05, 4.69) is 5.32 Å². The van der Waals surface area contributed by atoms with Gasteiger partial charge in [0, 0.05) is 10.0 Å². The zero-order valence-corrected chi connectivity index (χ0v) is 10.4. The summed E-state index contributed by atoms with van der Waals surface area (Å²) in [6.07, 6.45) is 0. The van der Waals surface area contributed by atoms with Crippen LogP contribution in [0.3, 0.4) is 0 Å². The van der Waals surface area contributed by atoms with E-state index in [1.54, 1.807) is 12.1 Å². The summed E-state index contributed by atoms with van der Waals surface area (Å²) < 4.78 is 0. The standard InChI is InChI=1S/C11H15Cl2NO/c1-3-14-11(2,7-15)9-5-4-8(12)6-10(9)13/h4-6,14-15H,3,7H2,1-2H3. The van der Waals surface area contributed by atoms with Crippen LogP contribution in [0.2, 0.25) is 10.0 Å². The van der Waals surface area contributed by atoms with Crippen molar-refractivity contribution in [3.63, 3.8) is 0 Å². The molecule has 1 atom stereocenters. The molecule has 1 unspecified atom stereocenters. The highest BCUT2D eigenvalue weighted by molar-refractivity contribution is 6.35. The number of halogens is 2. The number of aliphatic hydroxyl groups is 1. The predicted octanol–water partition coefficient (Wildman–Crippen LogP) is 2.81. The molecule has 1 rings (SSSR count). The maximum Gasteiger partial charge on any atom is 0.0655 e. The molecule has 0 spiro atoms. The van der Waals surface area contributed by atoms with Gasteiger partial charge < -0.3 is 10.4 Å². The van der Waals surface area contributed by atoms with E-state index < -0.39 is 5.54 Å². The lowest BCUT2D eigenvalue weighted by Crippen LogP contribution is -2.42. The Morgan fingerprint density at radius 3 is 2.53 bits per heavy atom. The molecule has 0 saturated carbocycles. The number of benzene rings is 1. The van der Waals surface area contributed by atoms with E-state index in [0.717, 1.165) is 12.1 Å². The van der Waals surface area contributed by atoms with Gasteiger partial charge in [-0.15, -0.1) is 0 Å². The molecule has 1 aromatic carbocycles. The Balaban J connectivity index is 3.12. The molecular weight excluding hydrogens is 233 g/mol. The molecule has 0 bridgehead atoms.